The Morgan fingerprint density at radius 1 is 0.456 bits per heavy atom. The zero-order chi connectivity index (χ0) is 48.7. The topological polar surface area (TPSA) is 413 Å². The van der Waals surface area contributed by atoms with Crippen LogP contribution < -0.4 is 21.0 Å². The van der Waals surface area contributed by atoms with Crippen molar-refractivity contribution < 1.29 is 99.3 Å². The molecule has 0 amide bonds. The maximum absolute atomic E-state index is 14.4. The van der Waals surface area contributed by atoms with Gasteiger partial charge in [-0.2, -0.15) is 0 Å². The summed E-state index contributed by atoms with van der Waals surface area (Å²) in [4.78, 5) is 42.3. The van der Waals surface area contributed by atoms with Crippen molar-refractivity contribution in [2.24, 2.45) is 0 Å². The van der Waals surface area contributed by atoms with E-state index in [-0.39, 0.29) is 0 Å². The van der Waals surface area contributed by atoms with Gasteiger partial charge in [0.05, 0.1) is 17.7 Å². The summed E-state index contributed by atoms with van der Waals surface area (Å²) in [6, 6.07) is 6.69. The van der Waals surface area contributed by atoms with Crippen LogP contribution in [0.15, 0.2) is 76.2 Å². The molecule has 23 heteroatoms. The van der Waals surface area contributed by atoms with Crippen molar-refractivity contribution in [3.8, 4) is 91.2 Å². The second-order valence-corrected chi connectivity index (χ2v) is 15.7. The third-order valence-electron chi connectivity index (χ3n) is 11.7. The summed E-state index contributed by atoms with van der Waals surface area (Å²) in [6.45, 7) is -0.836. The standard InChI is InChI=1S/C45H30O23/c46-9-23-34(56)40(62)41(63)45(68-23)67-19-2-1-13(48)42-29(19)38(60)27-21(65-42)7-15(50)24(35(27)57)12-6-18(53)44-31(33(12)55)39(61)28-22(66-44)8-16(51)25(36(28)58)11-5-17(52)43-30(32(11)54)37(59)26-14(49)3-10(47)4-20(26)64-43/h1-8,23,34,40-41,45-58,62-63H,9H2. The quantitative estimate of drug-likeness (QED) is 0.0871. The summed E-state index contributed by atoms with van der Waals surface area (Å²) in [7, 11) is 0. The molecule has 68 heavy (non-hydrogen) atoms. The van der Waals surface area contributed by atoms with E-state index in [4.69, 9.17) is 22.7 Å². The zero-order valence-electron chi connectivity index (χ0n) is 33.7. The molecule has 9 aromatic rings. The minimum Gasteiger partial charge on any atom is -0.508 e. The van der Waals surface area contributed by atoms with Gasteiger partial charge in [-0.15, -0.1) is 0 Å². The van der Waals surface area contributed by atoms with E-state index in [9.17, 15) is 91.0 Å². The Morgan fingerprint density at radius 2 is 0.926 bits per heavy atom. The molecule has 23 nitrogen and oxygen atoms in total. The highest BCUT2D eigenvalue weighted by Gasteiger charge is 2.45. The van der Waals surface area contributed by atoms with Gasteiger partial charge < -0.3 is 99.3 Å². The lowest BCUT2D eigenvalue weighted by atomic mass is 9.94. The molecular weight excluding hydrogens is 908 g/mol. The second kappa shape index (κ2) is 14.8. The molecule has 5 atom stereocenters. The van der Waals surface area contributed by atoms with Crippen LogP contribution in [-0.4, -0.2) is 114 Å². The van der Waals surface area contributed by atoms with E-state index < -0.39 is 211 Å². The molecule has 1 fully saturated rings. The van der Waals surface area contributed by atoms with Crippen molar-refractivity contribution in [1.82, 2.24) is 0 Å². The number of ether oxygens (including phenoxy) is 2. The van der Waals surface area contributed by atoms with E-state index in [1.165, 1.54) is 0 Å². The van der Waals surface area contributed by atoms with Crippen LogP contribution >= 0.6 is 0 Å². The molecule has 10 rings (SSSR count). The average molecular weight is 939 g/mol. The first-order chi connectivity index (χ1) is 32.2. The zero-order valence-corrected chi connectivity index (χ0v) is 33.7. The molecule has 0 spiro atoms. The fourth-order valence-corrected chi connectivity index (χ4v) is 8.55. The van der Waals surface area contributed by atoms with E-state index in [1.54, 1.807) is 0 Å². The molecule has 1 aliphatic rings. The Kier molecular flexibility index (Phi) is 9.38. The fraction of sp³-hybridized carbons (Fsp3) is 0.133. The van der Waals surface area contributed by atoms with Gasteiger partial charge in [0.1, 0.15) is 125 Å². The van der Waals surface area contributed by atoms with Gasteiger partial charge in [-0.1, -0.05) is 0 Å². The number of aliphatic hydroxyl groups excluding tert-OH is 4. The monoisotopic (exact) mass is 938 g/mol. The molecule has 0 aliphatic carbocycles. The van der Waals surface area contributed by atoms with Gasteiger partial charge in [0.15, 0.2) is 34.0 Å². The molecule has 0 saturated carbocycles. The van der Waals surface area contributed by atoms with Crippen LogP contribution in [0.25, 0.3) is 88.1 Å². The number of fused-ring (bicyclic) bond motifs is 6. The van der Waals surface area contributed by atoms with Gasteiger partial charge in [-0.05, 0) is 24.3 Å². The number of phenolic OH excluding ortho intramolecular Hbond substituents is 11. The lowest BCUT2D eigenvalue weighted by Gasteiger charge is -2.39. The Morgan fingerprint density at radius 3 is 1.44 bits per heavy atom. The van der Waals surface area contributed by atoms with Crippen LogP contribution in [0.1, 0.15) is 0 Å². The highest BCUT2D eigenvalue weighted by molar-refractivity contribution is 6.09. The largest absolute Gasteiger partial charge is 0.508 e. The smallest absolute Gasteiger partial charge is 0.229 e. The highest BCUT2D eigenvalue weighted by Crippen LogP contribution is 2.53. The number of phenols is 11. The van der Waals surface area contributed by atoms with Crippen LogP contribution in [-0.2, 0) is 4.74 Å². The Hall–Kier alpha value is -8.87. The SMILES string of the molecule is O=c1c2c(O)c(-c3cc(O)c4oc5cc(O)c(-c6cc(O)c7oc8cc(O)cc(O)c8c(=O)c7c6O)c(O)c5c(=O)c4c3O)c(O)cc2oc2c(O)ccc(OC3OC(CO)C(O)C(O)C3O)c12. The molecule has 1 aliphatic heterocycles. The second-order valence-electron chi connectivity index (χ2n) is 15.7. The maximum Gasteiger partial charge on any atom is 0.229 e. The molecule has 0 radical (unpaired) electrons. The first-order valence-corrected chi connectivity index (χ1v) is 19.7. The van der Waals surface area contributed by atoms with E-state index in [0.29, 0.717) is 6.07 Å². The number of hydrogen-bond donors (Lipinski definition) is 15. The number of aliphatic hydroxyl groups is 4. The normalized spacial score (nSPS) is 18.7. The molecule has 0 bridgehead atoms. The maximum atomic E-state index is 14.4. The molecule has 1 saturated heterocycles. The first kappa shape index (κ1) is 43.0. The van der Waals surface area contributed by atoms with Crippen molar-refractivity contribution in [2.75, 3.05) is 6.61 Å². The summed E-state index contributed by atoms with van der Waals surface area (Å²) in [5.74, 6) is -10.8. The van der Waals surface area contributed by atoms with Crippen LogP contribution in [0, 0.1) is 0 Å². The predicted molar refractivity (Wildman–Crippen MR) is 231 cm³/mol. The highest BCUT2D eigenvalue weighted by atomic mass is 16.7. The van der Waals surface area contributed by atoms with Gasteiger partial charge in [0.2, 0.25) is 22.6 Å². The molecule has 3 aromatic heterocycles. The Balaban J connectivity index is 1.17. The number of benzene rings is 6. The van der Waals surface area contributed by atoms with Crippen LogP contribution in [0.2, 0.25) is 0 Å². The number of hydrogen-bond acceptors (Lipinski definition) is 23. The molecular formula is C45H30O23. The molecule has 6 aromatic carbocycles. The third kappa shape index (κ3) is 5.94. The van der Waals surface area contributed by atoms with Crippen molar-refractivity contribution in [3.63, 3.8) is 0 Å². The summed E-state index contributed by atoms with van der Waals surface area (Å²) in [5.41, 5.74) is -10.5. The van der Waals surface area contributed by atoms with Gasteiger partial charge >= 0.3 is 0 Å². The number of aromatic hydroxyl groups is 11. The summed E-state index contributed by atoms with van der Waals surface area (Å²) in [5, 5.41) is 158. The molecule has 5 unspecified atom stereocenters. The third-order valence-corrected chi connectivity index (χ3v) is 11.7. The lowest BCUT2D eigenvalue weighted by molar-refractivity contribution is -0.277. The molecule has 348 valence electrons. The summed E-state index contributed by atoms with van der Waals surface area (Å²) < 4.78 is 27.9. The van der Waals surface area contributed by atoms with Gasteiger partial charge in [0.25, 0.3) is 0 Å². The van der Waals surface area contributed by atoms with E-state index in [0.717, 1.165) is 42.5 Å². The minimum atomic E-state index is -1.96. The number of rotatable bonds is 5. The van der Waals surface area contributed by atoms with Gasteiger partial charge in [0, 0.05) is 35.4 Å². The summed E-state index contributed by atoms with van der Waals surface area (Å²) >= 11 is 0. The van der Waals surface area contributed by atoms with Gasteiger partial charge in [-0.25, -0.2) is 0 Å². The predicted octanol–water partition coefficient (Wildman–Crippen LogP) is 2.74. The minimum absolute atomic E-state index is 0.401. The molecule has 15 N–H and O–H groups in total. The van der Waals surface area contributed by atoms with Crippen molar-refractivity contribution in [3.05, 3.63) is 79.2 Å². The van der Waals surface area contributed by atoms with E-state index >= 15 is 0 Å². The van der Waals surface area contributed by atoms with Crippen LogP contribution in [0.5, 0.6) is 69.0 Å². The lowest BCUT2D eigenvalue weighted by Crippen LogP contribution is -2.60. The van der Waals surface area contributed by atoms with Crippen molar-refractivity contribution >= 4 is 65.8 Å². The van der Waals surface area contributed by atoms with Gasteiger partial charge in [-0.3, -0.25) is 14.4 Å². The van der Waals surface area contributed by atoms with Crippen LogP contribution in [0.4, 0.5) is 0 Å². The Bertz CT molecular complexity index is 3900. The van der Waals surface area contributed by atoms with E-state index in [2.05, 4.69) is 0 Å². The van der Waals surface area contributed by atoms with Crippen molar-refractivity contribution in [1.29, 1.82) is 0 Å². The summed E-state index contributed by atoms with van der Waals surface area (Å²) in [6.07, 6.45) is -8.93. The van der Waals surface area contributed by atoms with E-state index in [1.807, 2.05) is 0 Å². The average Bonchev–Trinajstić information content (AvgIpc) is 3.27. The Labute approximate surface area is 372 Å². The van der Waals surface area contributed by atoms with Crippen molar-refractivity contribution in [2.45, 2.75) is 30.7 Å². The molecule has 4 heterocycles. The fourth-order valence-electron chi connectivity index (χ4n) is 8.55. The first-order valence-electron chi connectivity index (χ1n) is 19.7. The van der Waals surface area contributed by atoms with Crippen LogP contribution in [0.3, 0.4) is 0 Å².